The number of nitrogens with zero attached hydrogens (tertiary/aromatic N) is 4. The van der Waals surface area contributed by atoms with Crippen molar-refractivity contribution >= 4 is 17.3 Å². The zero-order valence-electron chi connectivity index (χ0n) is 13.7. The van der Waals surface area contributed by atoms with Crippen LogP contribution in [0.3, 0.4) is 0 Å². The van der Waals surface area contributed by atoms with E-state index in [1.807, 2.05) is 67.5 Å². The topological polar surface area (TPSA) is 63.1 Å². The number of para-hydroxylation sites is 2. The van der Waals surface area contributed by atoms with E-state index in [2.05, 4.69) is 15.4 Å². The molecule has 24 heavy (non-hydrogen) atoms. The van der Waals surface area contributed by atoms with E-state index in [4.69, 9.17) is 0 Å². The Bertz CT molecular complexity index is 810. The zero-order chi connectivity index (χ0) is 16.9. The Balaban J connectivity index is 1.71. The fraction of sp³-hybridized carbons (Fsp3) is 0.167. The second kappa shape index (κ2) is 6.95. The van der Waals surface area contributed by atoms with E-state index < -0.39 is 0 Å². The Hall–Kier alpha value is -3.15. The van der Waals surface area contributed by atoms with Crippen LogP contribution in [0.2, 0.25) is 0 Å². The van der Waals surface area contributed by atoms with Crippen LogP contribution in [-0.4, -0.2) is 34.8 Å². The van der Waals surface area contributed by atoms with Gasteiger partial charge in [-0.25, -0.2) is 9.67 Å². The van der Waals surface area contributed by atoms with Gasteiger partial charge in [0.05, 0.1) is 17.9 Å². The van der Waals surface area contributed by atoms with Gasteiger partial charge in [-0.15, -0.1) is 0 Å². The molecule has 0 atom stereocenters. The Kier molecular flexibility index (Phi) is 4.56. The normalized spacial score (nSPS) is 10.4. The average Bonchev–Trinajstić information content (AvgIpc) is 3.09. The van der Waals surface area contributed by atoms with Crippen molar-refractivity contribution in [3.8, 4) is 0 Å². The fourth-order valence-electron chi connectivity index (χ4n) is 2.43. The molecule has 3 rings (SSSR count). The summed E-state index contributed by atoms with van der Waals surface area (Å²) >= 11 is 0. The Morgan fingerprint density at radius 1 is 1.12 bits per heavy atom. The molecule has 0 aliphatic carbocycles. The van der Waals surface area contributed by atoms with Gasteiger partial charge in [-0.05, 0) is 29.8 Å². The third-order valence-electron chi connectivity index (χ3n) is 3.66. The molecular formula is C18H19N5O. The van der Waals surface area contributed by atoms with Crippen molar-refractivity contribution in [3.05, 3.63) is 72.3 Å². The second-order valence-corrected chi connectivity index (χ2v) is 5.66. The maximum atomic E-state index is 12.5. The molecular weight excluding hydrogens is 302 g/mol. The quantitative estimate of drug-likeness (QED) is 0.785. The van der Waals surface area contributed by atoms with E-state index in [0.29, 0.717) is 12.1 Å². The summed E-state index contributed by atoms with van der Waals surface area (Å²) in [5, 5.41) is 7.04. The molecule has 122 valence electrons. The molecule has 0 saturated carbocycles. The summed E-state index contributed by atoms with van der Waals surface area (Å²) in [6.45, 7) is 0.630. The lowest BCUT2D eigenvalue weighted by atomic mass is 10.1. The number of benzene rings is 2. The summed E-state index contributed by atoms with van der Waals surface area (Å²) in [7, 11) is 3.90. The molecule has 6 nitrogen and oxygen atoms in total. The first-order valence-corrected chi connectivity index (χ1v) is 7.62. The third kappa shape index (κ3) is 3.60. The van der Waals surface area contributed by atoms with Gasteiger partial charge in [0, 0.05) is 19.7 Å². The molecule has 1 amide bonds. The standard InChI is InChI=1S/C18H19N5O/c1-22(2)17-6-4-3-5-16(17)21-18(24)15-9-7-14(8-10-15)11-23-13-19-12-20-23/h3-10,12-13H,11H2,1-2H3,(H,21,24). The molecule has 1 aromatic heterocycles. The van der Waals surface area contributed by atoms with Gasteiger partial charge in [-0.2, -0.15) is 5.10 Å². The van der Waals surface area contributed by atoms with Crippen LogP contribution in [0.15, 0.2) is 61.2 Å². The van der Waals surface area contributed by atoms with Crippen molar-refractivity contribution in [2.45, 2.75) is 6.54 Å². The number of aromatic nitrogens is 3. The van der Waals surface area contributed by atoms with Crippen LogP contribution in [0.1, 0.15) is 15.9 Å². The monoisotopic (exact) mass is 321 g/mol. The first-order valence-electron chi connectivity index (χ1n) is 7.62. The van der Waals surface area contributed by atoms with Crippen molar-refractivity contribution in [2.24, 2.45) is 0 Å². The summed E-state index contributed by atoms with van der Waals surface area (Å²) in [4.78, 5) is 18.3. The number of carbonyl (C=O) groups excluding carboxylic acids is 1. The van der Waals surface area contributed by atoms with Gasteiger partial charge >= 0.3 is 0 Å². The van der Waals surface area contributed by atoms with Crippen molar-refractivity contribution in [1.29, 1.82) is 0 Å². The van der Waals surface area contributed by atoms with E-state index in [0.717, 1.165) is 16.9 Å². The molecule has 0 aliphatic rings. The number of hydrogen-bond donors (Lipinski definition) is 1. The molecule has 0 unspecified atom stereocenters. The van der Waals surface area contributed by atoms with Crippen molar-refractivity contribution in [3.63, 3.8) is 0 Å². The van der Waals surface area contributed by atoms with Gasteiger partial charge in [0.15, 0.2) is 0 Å². The first kappa shape index (κ1) is 15.7. The maximum absolute atomic E-state index is 12.5. The Morgan fingerprint density at radius 3 is 2.54 bits per heavy atom. The molecule has 0 spiro atoms. The van der Waals surface area contributed by atoms with Crippen LogP contribution in [0.5, 0.6) is 0 Å². The van der Waals surface area contributed by atoms with E-state index >= 15 is 0 Å². The highest BCUT2D eigenvalue weighted by Gasteiger charge is 2.10. The highest BCUT2D eigenvalue weighted by Crippen LogP contribution is 2.24. The number of nitrogens with one attached hydrogen (secondary N) is 1. The van der Waals surface area contributed by atoms with Crippen LogP contribution in [0, 0.1) is 0 Å². The zero-order valence-corrected chi connectivity index (χ0v) is 13.7. The summed E-state index contributed by atoms with van der Waals surface area (Å²) in [6, 6.07) is 15.2. The van der Waals surface area contributed by atoms with Gasteiger partial charge in [-0.3, -0.25) is 4.79 Å². The molecule has 2 aromatic carbocycles. The molecule has 0 radical (unpaired) electrons. The van der Waals surface area contributed by atoms with Crippen molar-refractivity contribution in [2.75, 3.05) is 24.3 Å². The Morgan fingerprint density at radius 2 is 1.88 bits per heavy atom. The number of hydrogen-bond acceptors (Lipinski definition) is 4. The molecule has 1 heterocycles. The summed E-state index contributed by atoms with van der Waals surface area (Å²) < 4.78 is 1.74. The molecule has 0 aliphatic heterocycles. The van der Waals surface area contributed by atoms with E-state index in [1.165, 1.54) is 6.33 Å². The smallest absolute Gasteiger partial charge is 0.255 e. The van der Waals surface area contributed by atoms with Gasteiger partial charge in [0.1, 0.15) is 12.7 Å². The average molecular weight is 321 g/mol. The predicted molar refractivity (Wildman–Crippen MR) is 94.3 cm³/mol. The van der Waals surface area contributed by atoms with E-state index in [1.54, 1.807) is 11.0 Å². The van der Waals surface area contributed by atoms with Crippen molar-refractivity contribution in [1.82, 2.24) is 14.8 Å². The van der Waals surface area contributed by atoms with E-state index in [9.17, 15) is 4.79 Å². The minimum atomic E-state index is -0.128. The van der Waals surface area contributed by atoms with E-state index in [-0.39, 0.29) is 5.91 Å². The minimum absolute atomic E-state index is 0.128. The van der Waals surface area contributed by atoms with Crippen LogP contribution in [-0.2, 0) is 6.54 Å². The van der Waals surface area contributed by atoms with Crippen LogP contribution in [0.25, 0.3) is 0 Å². The lowest BCUT2D eigenvalue weighted by Gasteiger charge is -2.17. The second-order valence-electron chi connectivity index (χ2n) is 5.66. The fourth-order valence-corrected chi connectivity index (χ4v) is 2.43. The predicted octanol–water partition coefficient (Wildman–Crippen LogP) is 2.64. The molecule has 6 heteroatoms. The minimum Gasteiger partial charge on any atom is -0.376 e. The number of amides is 1. The largest absolute Gasteiger partial charge is 0.376 e. The van der Waals surface area contributed by atoms with Crippen LogP contribution < -0.4 is 10.2 Å². The third-order valence-corrected chi connectivity index (χ3v) is 3.66. The van der Waals surface area contributed by atoms with Crippen LogP contribution >= 0.6 is 0 Å². The van der Waals surface area contributed by atoms with Gasteiger partial charge < -0.3 is 10.2 Å². The highest BCUT2D eigenvalue weighted by molar-refractivity contribution is 6.05. The number of carbonyl (C=O) groups is 1. The van der Waals surface area contributed by atoms with Gasteiger partial charge in [0.2, 0.25) is 0 Å². The lowest BCUT2D eigenvalue weighted by molar-refractivity contribution is 0.102. The number of rotatable bonds is 5. The summed E-state index contributed by atoms with van der Waals surface area (Å²) in [6.07, 6.45) is 3.17. The highest BCUT2D eigenvalue weighted by atomic mass is 16.1. The molecule has 1 N–H and O–H groups in total. The molecule has 0 bridgehead atoms. The maximum Gasteiger partial charge on any atom is 0.255 e. The lowest BCUT2D eigenvalue weighted by Crippen LogP contribution is -2.16. The molecule has 0 saturated heterocycles. The SMILES string of the molecule is CN(C)c1ccccc1NC(=O)c1ccc(Cn2cncn2)cc1. The number of anilines is 2. The summed E-state index contributed by atoms with van der Waals surface area (Å²) in [5.74, 6) is -0.128. The molecule has 3 aromatic rings. The Labute approximate surface area is 140 Å². The first-order chi connectivity index (χ1) is 11.6. The van der Waals surface area contributed by atoms with Crippen molar-refractivity contribution < 1.29 is 4.79 Å². The summed E-state index contributed by atoms with van der Waals surface area (Å²) in [5.41, 5.74) is 3.43. The van der Waals surface area contributed by atoms with Gasteiger partial charge in [-0.1, -0.05) is 24.3 Å². The van der Waals surface area contributed by atoms with Crippen LogP contribution in [0.4, 0.5) is 11.4 Å². The van der Waals surface area contributed by atoms with Gasteiger partial charge in [0.25, 0.3) is 5.91 Å². The molecule has 0 fully saturated rings.